The van der Waals surface area contributed by atoms with E-state index >= 15 is 0 Å². The summed E-state index contributed by atoms with van der Waals surface area (Å²) in [6, 6.07) is 3.24. The van der Waals surface area contributed by atoms with Crippen LogP contribution in [0.4, 0.5) is 8.78 Å². The van der Waals surface area contributed by atoms with Gasteiger partial charge in [-0.2, -0.15) is 0 Å². The second kappa shape index (κ2) is 6.67. The minimum absolute atomic E-state index is 0.266. The Morgan fingerprint density at radius 3 is 2.65 bits per heavy atom. The van der Waals surface area contributed by atoms with Gasteiger partial charge in [-0.15, -0.1) is 0 Å². The van der Waals surface area contributed by atoms with Gasteiger partial charge in [0.15, 0.2) is 0 Å². The van der Waals surface area contributed by atoms with E-state index in [0.717, 1.165) is 31.5 Å². The monoisotopic (exact) mass is 242 g/mol. The quantitative estimate of drug-likeness (QED) is 0.831. The van der Waals surface area contributed by atoms with E-state index in [2.05, 4.69) is 6.92 Å². The summed E-state index contributed by atoms with van der Waals surface area (Å²) in [6.45, 7) is 3.20. The third-order valence-corrected chi connectivity index (χ3v) is 2.94. The summed E-state index contributed by atoms with van der Waals surface area (Å²) >= 11 is 0. The Morgan fingerprint density at radius 1 is 1.35 bits per heavy atom. The third-order valence-electron chi connectivity index (χ3n) is 2.94. The minimum atomic E-state index is -0.427. The van der Waals surface area contributed by atoms with Crippen molar-refractivity contribution in [2.45, 2.75) is 25.8 Å². The van der Waals surface area contributed by atoms with E-state index in [0.29, 0.717) is 5.56 Å². The Labute approximate surface area is 101 Å². The highest BCUT2D eigenvalue weighted by molar-refractivity contribution is 5.22. The molecule has 17 heavy (non-hydrogen) atoms. The van der Waals surface area contributed by atoms with Gasteiger partial charge in [-0.3, -0.25) is 4.90 Å². The molecule has 0 fully saturated rings. The Balaban J connectivity index is 2.88. The molecule has 0 radical (unpaired) electrons. The van der Waals surface area contributed by atoms with Crippen molar-refractivity contribution >= 4 is 0 Å². The van der Waals surface area contributed by atoms with E-state index in [1.165, 1.54) is 6.07 Å². The molecule has 1 aromatic rings. The molecular formula is C13H20F2N2. The van der Waals surface area contributed by atoms with Crippen molar-refractivity contribution in [3.8, 4) is 0 Å². The lowest BCUT2D eigenvalue weighted by atomic mass is 10.0. The molecule has 0 aliphatic carbocycles. The number of hydrogen-bond acceptors (Lipinski definition) is 2. The zero-order chi connectivity index (χ0) is 12.8. The molecule has 2 nitrogen and oxygen atoms in total. The molecule has 2 N–H and O–H groups in total. The molecule has 1 aromatic carbocycles. The van der Waals surface area contributed by atoms with Crippen LogP contribution in [0, 0.1) is 11.6 Å². The lowest BCUT2D eigenvalue weighted by molar-refractivity contribution is 0.241. The molecule has 0 aromatic heterocycles. The number of halogens is 2. The highest BCUT2D eigenvalue weighted by atomic mass is 19.1. The first kappa shape index (κ1) is 14.1. The number of hydrogen-bond donors (Lipinski definition) is 1. The Bertz CT molecular complexity index is 355. The Morgan fingerprint density at radius 2 is 2.06 bits per heavy atom. The molecule has 0 bridgehead atoms. The van der Waals surface area contributed by atoms with Crippen LogP contribution in [-0.4, -0.2) is 25.0 Å². The Kier molecular flexibility index (Phi) is 5.51. The second-order valence-electron chi connectivity index (χ2n) is 4.25. The van der Waals surface area contributed by atoms with Crippen molar-refractivity contribution < 1.29 is 8.78 Å². The number of unbranched alkanes of at least 4 members (excludes halogenated alkanes) is 1. The third kappa shape index (κ3) is 3.75. The molecule has 1 atom stereocenters. The van der Waals surface area contributed by atoms with Crippen molar-refractivity contribution in [1.29, 1.82) is 0 Å². The summed E-state index contributed by atoms with van der Waals surface area (Å²) in [5, 5.41) is 0. The fourth-order valence-corrected chi connectivity index (χ4v) is 1.88. The van der Waals surface area contributed by atoms with Crippen molar-refractivity contribution in [3.05, 3.63) is 35.4 Å². The van der Waals surface area contributed by atoms with Gasteiger partial charge in [0.05, 0.1) is 0 Å². The average Bonchev–Trinajstić information content (AvgIpc) is 2.32. The van der Waals surface area contributed by atoms with Gasteiger partial charge >= 0.3 is 0 Å². The van der Waals surface area contributed by atoms with Crippen molar-refractivity contribution in [3.63, 3.8) is 0 Å². The first-order valence-electron chi connectivity index (χ1n) is 5.95. The van der Waals surface area contributed by atoms with Crippen LogP contribution in [0.3, 0.4) is 0 Å². The lowest BCUT2D eigenvalue weighted by Crippen LogP contribution is -2.32. The van der Waals surface area contributed by atoms with Crippen LogP contribution < -0.4 is 5.73 Å². The molecule has 0 spiro atoms. The van der Waals surface area contributed by atoms with Crippen LogP contribution in [0.2, 0.25) is 0 Å². The molecule has 0 saturated heterocycles. The number of likely N-dealkylation sites (N-methyl/N-ethyl adjacent to an activating group) is 1. The zero-order valence-corrected chi connectivity index (χ0v) is 10.4. The summed E-state index contributed by atoms with van der Waals surface area (Å²) in [4.78, 5) is 1.97. The van der Waals surface area contributed by atoms with Gasteiger partial charge in [0.1, 0.15) is 11.6 Å². The van der Waals surface area contributed by atoms with Gasteiger partial charge in [0, 0.05) is 18.2 Å². The maximum Gasteiger partial charge on any atom is 0.128 e. The summed E-state index contributed by atoms with van der Waals surface area (Å²) in [6.07, 6.45) is 2.08. The van der Waals surface area contributed by atoms with E-state index in [9.17, 15) is 8.78 Å². The maximum atomic E-state index is 13.6. The van der Waals surface area contributed by atoms with Gasteiger partial charge in [0.2, 0.25) is 0 Å². The van der Waals surface area contributed by atoms with Gasteiger partial charge in [-0.25, -0.2) is 8.78 Å². The molecule has 4 heteroatoms. The number of nitrogens with zero attached hydrogens (tertiary/aromatic N) is 1. The van der Waals surface area contributed by atoms with Gasteiger partial charge < -0.3 is 5.73 Å². The molecule has 0 heterocycles. The molecule has 0 saturated carbocycles. The van der Waals surface area contributed by atoms with Gasteiger partial charge in [0.25, 0.3) is 0 Å². The van der Waals surface area contributed by atoms with Crippen molar-refractivity contribution in [1.82, 2.24) is 4.90 Å². The van der Waals surface area contributed by atoms with Crippen LogP contribution >= 0.6 is 0 Å². The fraction of sp³-hybridized carbons (Fsp3) is 0.538. The molecule has 96 valence electrons. The minimum Gasteiger partial charge on any atom is -0.329 e. The normalized spacial score (nSPS) is 13.1. The average molecular weight is 242 g/mol. The summed E-state index contributed by atoms with van der Waals surface area (Å²) < 4.78 is 26.8. The predicted octanol–water partition coefficient (Wildman–Crippen LogP) is 2.70. The number of rotatable bonds is 6. The molecule has 1 unspecified atom stereocenters. The highest BCUT2D eigenvalue weighted by Crippen LogP contribution is 2.22. The van der Waals surface area contributed by atoms with Crippen LogP contribution in [0.5, 0.6) is 0 Å². The second-order valence-corrected chi connectivity index (χ2v) is 4.25. The zero-order valence-electron chi connectivity index (χ0n) is 10.4. The predicted molar refractivity (Wildman–Crippen MR) is 65.7 cm³/mol. The Hall–Kier alpha value is -1.00. The van der Waals surface area contributed by atoms with Gasteiger partial charge in [-0.05, 0) is 38.2 Å². The SMILES string of the molecule is CCCCN(C)C(CN)c1cc(F)ccc1F. The van der Waals surface area contributed by atoms with Crippen molar-refractivity contribution in [2.24, 2.45) is 5.73 Å². The van der Waals surface area contributed by atoms with E-state index in [1.807, 2.05) is 11.9 Å². The molecule has 0 amide bonds. The maximum absolute atomic E-state index is 13.6. The topological polar surface area (TPSA) is 29.3 Å². The summed E-state index contributed by atoms with van der Waals surface area (Å²) in [5.74, 6) is -0.825. The van der Waals surface area contributed by atoms with E-state index in [1.54, 1.807) is 0 Å². The first-order chi connectivity index (χ1) is 8.10. The van der Waals surface area contributed by atoms with Crippen LogP contribution in [0.1, 0.15) is 31.4 Å². The van der Waals surface area contributed by atoms with E-state index < -0.39 is 11.6 Å². The lowest BCUT2D eigenvalue weighted by Gasteiger charge is -2.27. The first-order valence-corrected chi connectivity index (χ1v) is 5.95. The number of benzene rings is 1. The van der Waals surface area contributed by atoms with Crippen LogP contribution in [0.25, 0.3) is 0 Å². The smallest absolute Gasteiger partial charge is 0.128 e. The van der Waals surface area contributed by atoms with Gasteiger partial charge in [-0.1, -0.05) is 13.3 Å². The van der Waals surface area contributed by atoms with E-state index in [4.69, 9.17) is 5.73 Å². The largest absolute Gasteiger partial charge is 0.329 e. The summed E-state index contributed by atoms with van der Waals surface area (Å²) in [7, 11) is 1.89. The number of nitrogens with two attached hydrogens (primary N) is 1. The van der Waals surface area contributed by atoms with E-state index in [-0.39, 0.29) is 12.6 Å². The summed E-state index contributed by atoms with van der Waals surface area (Å²) in [5.41, 5.74) is 6.00. The standard InChI is InChI=1S/C13H20F2N2/c1-3-4-7-17(2)13(9-16)11-8-10(14)5-6-12(11)15/h5-6,8,13H,3-4,7,9,16H2,1-2H3. The fourth-order valence-electron chi connectivity index (χ4n) is 1.88. The van der Waals surface area contributed by atoms with Crippen LogP contribution in [-0.2, 0) is 0 Å². The molecule has 0 aliphatic rings. The molecule has 0 aliphatic heterocycles. The molecule has 1 rings (SSSR count). The van der Waals surface area contributed by atoms with Crippen LogP contribution in [0.15, 0.2) is 18.2 Å². The van der Waals surface area contributed by atoms with Crippen molar-refractivity contribution in [2.75, 3.05) is 20.1 Å². The highest BCUT2D eigenvalue weighted by Gasteiger charge is 2.19. The molecular weight excluding hydrogens is 222 g/mol.